The Morgan fingerprint density at radius 3 is 2.88 bits per heavy atom. The van der Waals surface area contributed by atoms with Crippen LogP contribution >= 0.6 is 0 Å². The zero-order chi connectivity index (χ0) is 11.5. The molecule has 1 unspecified atom stereocenters. The third-order valence-electron chi connectivity index (χ3n) is 2.54. The molecule has 0 aliphatic heterocycles. The molecule has 0 bridgehead atoms. The van der Waals surface area contributed by atoms with Gasteiger partial charge in [0, 0.05) is 23.5 Å². The minimum Gasteiger partial charge on any atom is -0.359 e. The molecule has 0 fully saturated rings. The van der Waals surface area contributed by atoms with E-state index in [0.29, 0.717) is 0 Å². The molecular formula is C12H15N3O. The second kappa shape index (κ2) is 4.45. The van der Waals surface area contributed by atoms with E-state index in [9.17, 15) is 0 Å². The SMILES string of the molecule is CCC(N)c1cc(-c2ccc(C)nc2)no1. The van der Waals surface area contributed by atoms with Crippen molar-refractivity contribution in [2.24, 2.45) is 5.73 Å². The van der Waals surface area contributed by atoms with Crippen molar-refractivity contribution < 1.29 is 4.52 Å². The van der Waals surface area contributed by atoms with Gasteiger partial charge in [-0.2, -0.15) is 0 Å². The van der Waals surface area contributed by atoms with E-state index >= 15 is 0 Å². The van der Waals surface area contributed by atoms with Gasteiger partial charge in [-0.25, -0.2) is 0 Å². The second-order valence-corrected chi connectivity index (χ2v) is 3.82. The van der Waals surface area contributed by atoms with Gasteiger partial charge < -0.3 is 10.3 Å². The first kappa shape index (κ1) is 10.8. The maximum atomic E-state index is 5.86. The van der Waals surface area contributed by atoms with Crippen LogP contribution in [0.1, 0.15) is 30.8 Å². The van der Waals surface area contributed by atoms with Gasteiger partial charge in [-0.3, -0.25) is 4.98 Å². The van der Waals surface area contributed by atoms with Gasteiger partial charge in [-0.05, 0) is 25.5 Å². The van der Waals surface area contributed by atoms with Crippen molar-refractivity contribution in [3.8, 4) is 11.3 Å². The summed E-state index contributed by atoms with van der Waals surface area (Å²) in [5.41, 5.74) is 8.58. The van der Waals surface area contributed by atoms with E-state index in [1.54, 1.807) is 6.20 Å². The Labute approximate surface area is 94.5 Å². The van der Waals surface area contributed by atoms with Crippen LogP contribution in [-0.4, -0.2) is 10.1 Å². The Balaban J connectivity index is 2.28. The van der Waals surface area contributed by atoms with E-state index < -0.39 is 0 Å². The maximum absolute atomic E-state index is 5.86. The summed E-state index contributed by atoms with van der Waals surface area (Å²) in [7, 11) is 0. The predicted molar refractivity (Wildman–Crippen MR) is 61.7 cm³/mol. The Morgan fingerprint density at radius 1 is 1.44 bits per heavy atom. The molecule has 4 nitrogen and oxygen atoms in total. The van der Waals surface area contributed by atoms with Crippen molar-refractivity contribution in [3.63, 3.8) is 0 Å². The number of pyridine rings is 1. The quantitative estimate of drug-likeness (QED) is 0.857. The first-order valence-electron chi connectivity index (χ1n) is 5.36. The normalized spacial score (nSPS) is 12.7. The molecule has 0 amide bonds. The first-order chi connectivity index (χ1) is 7.70. The lowest BCUT2D eigenvalue weighted by Gasteiger charge is -2.00. The van der Waals surface area contributed by atoms with Gasteiger partial charge in [-0.1, -0.05) is 12.1 Å². The molecule has 2 rings (SSSR count). The average molecular weight is 217 g/mol. The molecule has 0 saturated carbocycles. The van der Waals surface area contributed by atoms with Crippen LogP contribution < -0.4 is 5.73 Å². The number of aryl methyl sites for hydroxylation is 1. The third-order valence-corrected chi connectivity index (χ3v) is 2.54. The van der Waals surface area contributed by atoms with Crippen LogP contribution in [-0.2, 0) is 0 Å². The molecule has 2 heterocycles. The van der Waals surface area contributed by atoms with E-state index in [1.807, 2.05) is 32.0 Å². The number of rotatable bonds is 3. The summed E-state index contributed by atoms with van der Waals surface area (Å²) in [5, 5.41) is 3.99. The third kappa shape index (κ3) is 2.12. The van der Waals surface area contributed by atoms with Crippen molar-refractivity contribution in [1.82, 2.24) is 10.1 Å². The number of hydrogen-bond acceptors (Lipinski definition) is 4. The van der Waals surface area contributed by atoms with Gasteiger partial charge >= 0.3 is 0 Å². The Morgan fingerprint density at radius 2 is 2.25 bits per heavy atom. The Kier molecular flexibility index (Phi) is 3.01. The van der Waals surface area contributed by atoms with Gasteiger partial charge in [0.1, 0.15) is 5.69 Å². The largest absolute Gasteiger partial charge is 0.359 e. The molecule has 4 heteroatoms. The molecule has 0 spiro atoms. The summed E-state index contributed by atoms with van der Waals surface area (Å²) in [6.45, 7) is 3.96. The highest BCUT2D eigenvalue weighted by atomic mass is 16.5. The number of aromatic nitrogens is 2. The van der Waals surface area contributed by atoms with Crippen molar-refractivity contribution in [2.45, 2.75) is 26.3 Å². The van der Waals surface area contributed by atoms with Gasteiger partial charge in [0.25, 0.3) is 0 Å². The molecule has 0 aliphatic rings. The fourth-order valence-electron chi connectivity index (χ4n) is 1.42. The second-order valence-electron chi connectivity index (χ2n) is 3.82. The molecule has 84 valence electrons. The fourth-order valence-corrected chi connectivity index (χ4v) is 1.42. The lowest BCUT2D eigenvalue weighted by atomic mass is 10.1. The summed E-state index contributed by atoms with van der Waals surface area (Å²) >= 11 is 0. The molecule has 1 atom stereocenters. The minimum atomic E-state index is -0.0837. The van der Waals surface area contributed by atoms with Crippen LogP contribution in [0.5, 0.6) is 0 Å². The number of nitrogens with zero attached hydrogens (tertiary/aromatic N) is 2. The summed E-state index contributed by atoms with van der Waals surface area (Å²) < 4.78 is 5.20. The van der Waals surface area contributed by atoms with E-state index in [2.05, 4.69) is 10.1 Å². The van der Waals surface area contributed by atoms with Crippen molar-refractivity contribution in [1.29, 1.82) is 0 Å². The Hall–Kier alpha value is -1.68. The molecule has 2 aromatic heterocycles. The van der Waals surface area contributed by atoms with E-state index in [0.717, 1.165) is 29.1 Å². The molecule has 16 heavy (non-hydrogen) atoms. The molecule has 2 N–H and O–H groups in total. The molecular weight excluding hydrogens is 202 g/mol. The lowest BCUT2D eigenvalue weighted by Crippen LogP contribution is -2.06. The average Bonchev–Trinajstić information content (AvgIpc) is 2.78. The molecule has 0 saturated heterocycles. The summed E-state index contributed by atoms with van der Waals surface area (Å²) in [4.78, 5) is 4.22. The predicted octanol–water partition coefficient (Wildman–Crippen LogP) is 2.45. The summed E-state index contributed by atoms with van der Waals surface area (Å²) in [5.74, 6) is 0.720. The van der Waals surface area contributed by atoms with Crippen LogP contribution in [0.3, 0.4) is 0 Å². The number of nitrogens with two attached hydrogens (primary N) is 1. The van der Waals surface area contributed by atoms with Crippen LogP contribution in [0, 0.1) is 6.92 Å². The Bertz CT molecular complexity index is 461. The monoisotopic (exact) mass is 217 g/mol. The molecule has 0 radical (unpaired) electrons. The van der Waals surface area contributed by atoms with Gasteiger partial charge in [-0.15, -0.1) is 0 Å². The number of hydrogen-bond donors (Lipinski definition) is 1. The van der Waals surface area contributed by atoms with Crippen molar-refractivity contribution >= 4 is 0 Å². The van der Waals surface area contributed by atoms with Gasteiger partial charge in [0.05, 0.1) is 6.04 Å². The van der Waals surface area contributed by atoms with Crippen LogP contribution in [0.15, 0.2) is 28.9 Å². The van der Waals surface area contributed by atoms with E-state index in [1.165, 1.54) is 0 Å². The van der Waals surface area contributed by atoms with E-state index in [4.69, 9.17) is 10.3 Å². The standard InChI is InChI=1S/C12H15N3O/c1-3-10(13)12-6-11(15-16-12)9-5-4-8(2)14-7-9/h4-7,10H,3,13H2,1-2H3. The van der Waals surface area contributed by atoms with Gasteiger partial charge in [0.15, 0.2) is 5.76 Å². The molecule has 0 aliphatic carbocycles. The van der Waals surface area contributed by atoms with Crippen LogP contribution in [0.25, 0.3) is 11.3 Å². The minimum absolute atomic E-state index is 0.0837. The van der Waals surface area contributed by atoms with Gasteiger partial charge in [0.2, 0.25) is 0 Å². The highest BCUT2D eigenvalue weighted by molar-refractivity contribution is 5.57. The zero-order valence-electron chi connectivity index (χ0n) is 9.47. The highest BCUT2D eigenvalue weighted by Gasteiger charge is 2.11. The highest BCUT2D eigenvalue weighted by Crippen LogP contribution is 2.22. The molecule has 0 aromatic carbocycles. The molecule has 2 aromatic rings. The topological polar surface area (TPSA) is 64.9 Å². The smallest absolute Gasteiger partial charge is 0.154 e. The van der Waals surface area contributed by atoms with Crippen molar-refractivity contribution in [2.75, 3.05) is 0 Å². The summed E-state index contributed by atoms with van der Waals surface area (Å²) in [6, 6.07) is 5.71. The maximum Gasteiger partial charge on any atom is 0.154 e. The van der Waals surface area contributed by atoms with E-state index in [-0.39, 0.29) is 6.04 Å². The first-order valence-corrected chi connectivity index (χ1v) is 5.36. The fraction of sp³-hybridized carbons (Fsp3) is 0.333. The summed E-state index contributed by atoms with van der Waals surface area (Å²) in [6.07, 6.45) is 2.62. The zero-order valence-corrected chi connectivity index (χ0v) is 9.47. The van der Waals surface area contributed by atoms with Crippen molar-refractivity contribution in [3.05, 3.63) is 35.9 Å². The van der Waals surface area contributed by atoms with Crippen LogP contribution in [0.2, 0.25) is 0 Å². The lowest BCUT2D eigenvalue weighted by molar-refractivity contribution is 0.360. The van der Waals surface area contributed by atoms with Crippen LogP contribution in [0.4, 0.5) is 0 Å².